The highest BCUT2D eigenvalue weighted by Crippen LogP contribution is 2.38. The fraction of sp³-hybridized carbons (Fsp3) is 0.348. The molecule has 3 heterocycles. The molecule has 2 aliphatic rings. The van der Waals surface area contributed by atoms with E-state index in [4.69, 9.17) is 15.4 Å². The first kappa shape index (κ1) is 20.0. The van der Waals surface area contributed by atoms with Crippen molar-refractivity contribution in [2.24, 2.45) is 5.92 Å². The van der Waals surface area contributed by atoms with E-state index in [1.807, 2.05) is 47.4 Å². The predicted molar refractivity (Wildman–Crippen MR) is 119 cm³/mol. The number of allylic oxidation sites excluding steroid dienone is 2. The average molecular weight is 429 g/mol. The molecular weight excluding hydrogens is 406 g/mol. The minimum atomic E-state index is -0.865. The van der Waals surface area contributed by atoms with Gasteiger partial charge >= 0.3 is 6.09 Å². The lowest BCUT2D eigenvalue weighted by Gasteiger charge is -2.34. The molecule has 1 aliphatic carbocycles. The monoisotopic (exact) mass is 429 g/mol. The van der Waals surface area contributed by atoms with Gasteiger partial charge in [-0.15, -0.1) is 0 Å². The number of amides is 1. The van der Waals surface area contributed by atoms with Crippen LogP contribution in [0.15, 0.2) is 48.9 Å². The van der Waals surface area contributed by atoms with E-state index in [1.165, 1.54) is 4.90 Å². The molecule has 0 radical (unpaired) electrons. The van der Waals surface area contributed by atoms with Crippen LogP contribution in [0, 0.1) is 17.2 Å². The van der Waals surface area contributed by atoms with E-state index in [2.05, 4.69) is 15.0 Å². The third-order valence-corrected chi connectivity index (χ3v) is 6.31. The van der Waals surface area contributed by atoms with Crippen LogP contribution in [0.5, 0.6) is 0 Å². The Bertz CT molecular complexity index is 1210. The third kappa shape index (κ3) is 3.87. The number of carboxylic acid groups (broad SMARTS) is 1. The zero-order valence-corrected chi connectivity index (χ0v) is 17.5. The zero-order chi connectivity index (χ0) is 22.1. The SMILES string of the molecule is N#CC=CC1CC(n2cc(-c3cnc4ccc(N5CCN(C(=O)O)CC5)cc4n3)cn2)C1. The highest BCUT2D eigenvalue weighted by atomic mass is 16.4. The van der Waals surface area contributed by atoms with Crippen LogP contribution in [0.25, 0.3) is 22.3 Å². The summed E-state index contributed by atoms with van der Waals surface area (Å²) < 4.78 is 1.98. The van der Waals surface area contributed by atoms with Crippen molar-refractivity contribution in [2.75, 3.05) is 31.1 Å². The fourth-order valence-electron chi connectivity index (χ4n) is 4.34. The molecule has 9 nitrogen and oxygen atoms in total. The van der Waals surface area contributed by atoms with Crippen molar-refractivity contribution in [1.29, 1.82) is 5.26 Å². The van der Waals surface area contributed by atoms with Gasteiger partial charge in [0.25, 0.3) is 0 Å². The summed E-state index contributed by atoms with van der Waals surface area (Å²) in [5, 5.41) is 22.3. The van der Waals surface area contributed by atoms with E-state index in [9.17, 15) is 4.79 Å². The number of hydrogen-bond donors (Lipinski definition) is 1. The molecule has 0 atom stereocenters. The first-order valence-electron chi connectivity index (χ1n) is 10.7. The summed E-state index contributed by atoms with van der Waals surface area (Å²) in [6.45, 7) is 2.30. The van der Waals surface area contributed by atoms with E-state index in [1.54, 1.807) is 12.3 Å². The number of fused-ring (bicyclic) bond motifs is 1. The summed E-state index contributed by atoms with van der Waals surface area (Å²) in [5.41, 5.74) is 4.35. The second kappa shape index (κ2) is 8.30. The molecule has 0 spiro atoms. The first-order valence-corrected chi connectivity index (χ1v) is 10.7. The van der Waals surface area contributed by atoms with Crippen molar-refractivity contribution in [1.82, 2.24) is 24.6 Å². The number of carbonyl (C=O) groups is 1. The Morgan fingerprint density at radius 1 is 1.16 bits per heavy atom. The topological polar surface area (TPSA) is 111 Å². The lowest BCUT2D eigenvalue weighted by molar-refractivity contribution is 0.142. The normalized spacial score (nSPS) is 21.0. The summed E-state index contributed by atoms with van der Waals surface area (Å²) >= 11 is 0. The molecule has 162 valence electrons. The number of benzene rings is 1. The maximum absolute atomic E-state index is 11.1. The van der Waals surface area contributed by atoms with E-state index >= 15 is 0 Å². The van der Waals surface area contributed by atoms with Crippen molar-refractivity contribution in [3.8, 4) is 17.3 Å². The molecule has 5 rings (SSSR count). The Kier molecular flexibility index (Phi) is 5.19. The van der Waals surface area contributed by atoms with Gasteiger partial charge in [0, 0.05) is 49.7 Å². The van der Waals surface area contributed by atoms with Gasteiger partial charge in [-0.2, -0.15) is 10.4 Å². The summed E-state index contributed by atoms with van der Waals surface area (Å²) in [7, 11) is 0. The van der Waals surface area contributed by atoms with Crippen molar-refractivity contribution in [2.45, 2.75) is 18.9 Å². The van der Waals surface area contributed by atoms with Crippen molar-refractivity contribution in [3.05, 3.63) is 48.9 Å². The minimum absolute atomic E-state index is 0.349. The lowest BCUT2D eigenvalue weighted by Crippen LogP contribution is -2.48. The smallest absolute Gasteiger partial charge is 0.407 e. The predicted octanol–water partition coefficient (Wildman–Crippen LogP) is 3.32. The van der Waals surface area contributed by atoms with Gasteiger partial charge in [0.2, 0.25) is 0 Å². The van der Waals surface area contributed by atoms with E-state index < -0.39 is 6.09 Å². The second-order valence-electron chi connectivity index (χ2n) is 8.27. The van der Waals surface area contributed by atoms with Gasteiger partial charge in [0.15, 0.2) is 0 Å². The molecule has 1 aliphatic heterocycles. The van der Waals surface area contributed by atoms with Crippen LogP contribution >= 0.6 is 0 Å². The molecule has 32 heavy (non-hydrogen) atoms. The van der Waals surface area contributed by atoms with Gasteiger partial charge in [-0.1, -0.05) is 6.08 Å². The molecule has 0 unspecified atom stereocenters. The molecule has 1 amide bonds. The summed E-state index contributed by atoms with van der Waals surface area (Å²) in [6, 6.07) is 8.38. The molecule has 1 saturated carbocycles. The van der Waals surface area contributed by atoms with E-state index in [0.717, 1.165) is 40.8 Å². The van der Waals surface area contributed by atoms with Crippen LogP contribution < -0.4 is 4.90 Å². The molecule has 1 saturated heterocycles. The molecule has 3 aromatic rings. The van der Waals surface area contributed by atoms with Crippen LogP contribution in [0.3, 0.4) is 0 Å². The molecular formula is C23H23N7O2. The van der Waals surface area contributed by atoms with Gasteiger partial charge in [-0.25, -0.2) is 9.78 Å². The quantitative estimate of drug-likeness (QED) is 0.633. The van der Waals surface area contributed by atoms with Crippen LogP contribution in [-0.4, -0.2) is 62.0 Å². The second-order valence-corrected chi connectivity index (χ2v) is 8.27. The van der Waals surface area contributed by atoms with Crippen LogP contribution in [-0.2, 0) is 0 Å². The number of rotatable bonds is 4. The third-order valence-electron chi connectivity index (χ3n) is 6.31. The maximum Gasteiger partial charge on any atom is 0.407 e. The molecule has 2 aromatic heterocycles. The number of nitrogens with zero attached hydrogens (tertiary/aromatic N) is 7. The van der Waals surface area contributed by atoms with Crippen molar-refractivity contribution >= 4 is 22.8 Å². The lowest BCUT2D eigenvalue weighted by atomic mass is 9.80. The number of hydrogen-bond acceptors (Lipinski definition) is 6. The number of nitriles is 1. The summed E-state index contributed by atoms with van der Waals surface area (Å²) in [4.78, 5) is 24.1. The molecule has 0 bridgehead atoms. The van der Waals surface area contributed by atoms with E-state index in [0.29, 0.717) is 38.1 Å². The zero-order valence-electron chi connectivity index (χ0n) is 17.5. The molecule has 2 fully saturated rings. The first-order chi connectivity index (χ1) is 15.6. The molecule has 1 N–H and O–H groups in total. The van der Waals surface area contributed by atoms with Crippen LogP contribution in [0.4, 0.5) is 10.5 Å². The standard InChI is InChI=1S/C23H23N7O2/c24-5-1-2-16-10-19(11-16)30-15-17(13-26-30)22-14-25-20-4-3-18(12-21(20)27-22)28-6-8-29(9-7-28)23(31)32/h1-4,12-16,19H,6-11H2,(H,31,32). The number of anilines is 1. The van der Waals surface area contributed by atoms with Gasteiger partial charge in [-0.05, 0) is 37.0 Å². The molecule has 9 heteroatoms. The largest absolute Gasteiger partial charge is 0.465 e. The fourth-order valence-corrected chi connectivity index (χ4v) is 4.34. The maximum atomic E-state index is 11.1. The van der Waals surface area contributed by atoms with Gasteiger partial charge in [-0.3, -0.25) is 9.67 Å². The summed E-state index contributed by atoms with van der Waals surface area (Å²) in [5.74, 6) is 0.448. The van der Waals surface area contributed by atoms with Crippen molar-refractivity contribution in [3.63, 3.8) is 0 Å². The van der Waals surface area contributed by atoms with Gasteiger partial charge < -0.3 is 14.9 Å². The highest BCUT2D eigenvalue weighted by Gasteiger charge is 2.29. The Morgan fingerprint density at radius 3 is 2.72 bits per heavy atom. The van der Waals surface area contributed by atoms with Gasteiger partial charge in [0.05, 0.1) is 41.2 Å². The average Bonchev–Trinajstić information content (AvgIpc) is 3.27. The van der Waals surface area contributed by atoms with Crippen molar-refractivity contribution < 1.29 is 9.90 Å². The summed E-state index contributed by atoms with van der Waals surface area (Å²) in [6.07, 6.45) is 10.2. The Labute approximate surface area is 185 Å². The van der Waals surface area contributed by atoms with Gasteiger partial charge in [0.1, 0.15) is 0 Å². The highest BCUT2D eigenvalue weighted by molar-refractivity contribution is 5.81. The van der Waals surface area contributed by atoms with Crippen LogP contribution in [0.2, 0.25) is 0 Å². The number of aromatic nitrogens is 4. The van der Waals surface area contributed by atoms with E-state index in [-0.39, 0.29) is 0 Å². The number of piperazine rings is 1. The minimum Gasteiger partial charge on any atom is -0.465 e. The molecule has 1 aromatic carbocycles. The van der Waals surface area contributed by atoms with Crippen LogP contribution in [0.1, 0.15) is 18.9 Å². The Hall–Kier alpha value is -3.93. The Morgan fingerprint density at radius 2 is 1.97 bits per heavy atom. The Balaban J connectivity index is 1.32.